The molecule has 0 saturated carbocycles. The molecule has 4 nitrogen and oxygen atoms in total. The number of nitrogens with zero attached hydrogens (tertiary/aromatic N) is 1. The lowest BCUT2D eigenvalue weighted by atomic mass is 10.1. The molecule has 24 heavy (non-hydrogen) atoms. The number of carbonyl (C=O) groups excluding carboxylic acids is 1. The zero-order valence-electron chi connectivity index (χ0n) is 12.6. The van der Waals surface area contributed by atoms with Gasteiger partial charge in [-0.1, -0.05) is 41.4 Å². The first-order valence-corrected chi connectivity index (χ1v) is 8.65. The van der Waals surface area contributed by atoms with Crippen LogP contribution in [0, 0.1) is 6.92 Å². The molecule has 122 valence electrons. The Labute approximate surface area is 153 Å². The highest BCUT2D eigenvalue weighted by Gasteiger charge is 2.12. The van der Waals surface area contributed by atoms with E-state index < -0.39 is 0 Å². The van der Waals surface area contributed by atoms with Crippen molar-refractivity contribution in [3.8, 4) is 11.3 Å². The van der Waals surface area contributed by atoms with Gasteiger partial charge < -0.3 is 5.32 Å². The van der Waals surface area contributed by atoms with E-state index in [9.17, 15) is 4.79 Å². The summed E-state index contributed by atoms with van der Waals surface area (Å²) < 4.78 is 0. The number of urea groups is 1. The van der Waals surface area contributed by atoms with Crippen LogP contribution >= 0.6 is 34.5 Å². The van der Waals surface area contributed by atoms with Crippen molar-refractivity contribution in [3.05, 3.63) is 63.5 Å². The van der Waals surface area contributed by atoms with Crippen molar-refractivity contribution in [2.45, 2.75) is 6.92 Å². The van der Waals surface area contributed by atoms with E-state index in [1.54, 1.807) is 24.3 Å². The molecule has 2 aromatic carbocycles. The van der Waals surface area contributed by atoms with E-state index in [0.717, 1.165) is 16.1 Å². The van der Waals surface area contributed by atoms with E-state index in [2.05, 4.69) is 15.6 Å². The Morgan fingerprint density at radius 1 is 1.04 bits per heavy atom. The van der Waals surface area contributed by atoms with E-state index in [-0.39, 0.29) is 6.03 Å². The van der Waals surface area contributed by atoms with Gasteiger partial charge >= 0.3 is 6.03 Å². The van der Waals surface area contributed by atoms with Crippen LogP contribution in [0.15, 0.2) is 48.5 Å². The van der Waals surface area contributed by atoms with Crippen molar-refractivity contribution in [1.29, 1.82) is 0 Å². The molecule has 0 unspecified atom stereocenters. The third-order valence-electron chi connectivity index (χ3n) is 3.20. The number of carbonyl (C=O) groups is 1. The maximum atomic E-state index is 12.1. The molecule has 0 fully saturated rings. The van der Waals surface area contributed by atoms with Crippen LogP contribution in [0.5, 0.6) is 0 Å². The molecule has 0 saturated heterocycles. The molecule has 0 aliphatic rings. The largest absolute Gasteiger partial charge is 0.325 e. The summed E-state index contributed by atoms with van der Waals surface area (Å²) in [5.41, 5.74) is 2.34. The maximum absolute atomic E-state index is 12.1. The SMILES string of the molecule is Cc1sc(NC(=O)Nc2cccc(Cl)c2)nc1-c1cccc(Cl)c1. The normalized spacial score (nSPS) is 10.5. The van der Waals surface area contributed by atoms with Gasteiger partial charge in [-0.3, -0.25) is 5.32 Å². The second-order valence-electron chi connectivity index (χ2n) is 5.02. The molecule has 3 aromatic rings. The van der Waals surface area contributed by atoms with Gasteiger partial charge in [-0.15, -0.1) is 11.3 Å². The predicted molar refractivity (Wildman–Crippen MR) is 101 cm³/mol. The van der Waals surface area contributed by atoms with Gasteiger partial charge in [-0.2, -0.15) is 0 Å². The number of benzene rings is 2. The second-order valence-corrected chi connectivity index (χ2v) is 7.10. The number of amides is 2. The highest BCUT2D eigenvalue weighted by atomic mass is 35.5. The molecule has 7 heteroatoms. The zero-order valence-corrected chi connectivity index (χ0v) is 15.0. The minimum absolute atomic E-state index is 0.372. The van der Waals surface area contributed by atoms with Crippen LogP contribution in [0.25, 0.3) is 11.3 Å². The van der Waals surface area contributed by atoms with Crippen molar-refractivity contribution in [2.75, 3.05) is 10.6 Å². The summed E-state index contributed by atoms with van der Waals surface area (Å²) in [6.07, 6.45) is 0. The fourth-order valence-electron chi connectivity index (χ4n) is 2.18. The summed E-state index contributed by atoms with van der Waals surface area (Å²) in [5, 5.41) is 7.18. The fourth-order valence-corrected chi connectivity index (χ4v) is 3.39. The van der Waals surface area contributed by atoms with Crippen molar-refractivity contribution in [1.82, 2.24) is 4.98 Å². The van der Waals surface area contributed by atoms with Gasteiger partial charge in [-0.05, 0) is 37.3 Å². The molecule has 2 N–H and O–H groups in total. The van der Waals surface area contributed by atoms with Crippen molar-refractivity contribution in [3.63, 3.8) is 0 Å². The van der Waals surface area contributed by atoms with E-state index in [0.29, 0.717) is 20.9 Å². The molecule has 0 aliphatic heterocycles. The minimum atomic E-state index is -0.372. The molecule has 0 atom stereocenters. The van der Waals surface area contributed by atoms with Crippen LogP contribution in [-0.4, -0.2) is 11.0 Å². The Balaban J connectivity index is 1.74. The van der Waals surface area contributed by atoms with E-state index >= 15 is 0 Å². The van der Waals surface area contributed by atoms with Gasteiger partial charge in [0.25, 0.3) is 0 Å². The summed E-state index contributed by atoms with van der Waals surface area (Å²) >= 11 is 13.3. The minimum Gasteiger partial charge on any atom is -0.308 e. The number of thiazole rings is 1. The van der Waals surface area contributed by atoms with E-state index in [1.165, 1.54) is 11.3 Å². The molecule has 0 aliphatic carbocycles. The van der Waals surface area contributed by atoms with Crippen molar-refractivity contribution in [2.24, 2.45) is 0 Å². The lowest BCUT2D eigenvalue weighted by Crippen LogP contribution is -2.19. The highest BCUT2D eigenvalue weighted by molar-refractivity contribution is 7.16. The van der Waals surface area contributed by atoms with Crippen LogP contribution in [0.2, 0.25) is 10.0 Å². The van der Waals surface area contributed by atoms with E-state index in [4.69, 9.17) is 23.2 Å². The van der Waals surface area contributed by atoms with Crippen LogP contribution in [0.1, 0.15) is 4.88 Å². The molecule has 0 bridgehead atoms. The molecule has 0 spiro atoms. The number of rotatable bonds is 3. The first-order chi connectivity index (χ1) is 11.5. The molecule has 2 amide bonds. The first kappa shape index (κ1) is 16.8. The number of anilines is 2. The Morgan fingerprint density at radius 2 is 1.75 bits per heavy atom. The fraction of sp³-hybridized carbons (Fsp3) is 0.0588. The third-order valence-corrected chi connectivity index (χ3v) is 4.55. The van der Waals surface area contributed by atoms with Crippen LogP contribution < -0.4 is 10.6 Å². The van der Waals surface area contributed by atoms with Gasteiger partial charge in [0, 0.05) is 26.2 Å². The van der Waals surface area contributed by atoms with Gasteiger partial charge in [-0.25, -0.2) is 9.78 Å². The average Bonchev–Trinajstić information content (AvgIpc) is 2.87. The Morgan fingerprint density at radius 3 is 2.46 bits per heavy atom. The number of halogens is 2. The molecular weight excluding hydrogens is 365 g/mol. The van der Waals surface area contributed by atoms with Crippen LogP contribution in [0.4, 0.5) is 15.6 Å². The number of aryl methyl sites for hydroxylation is 1. The standard InChI is InChI=1S/C17H13Cl2N3OS/c1-10-15(11-4-2-5-12(18)8-11)21-17(24-10)22-16(23)20-14-7-3-6-13(19)9-14/h2-9H,1H3,(H2,20,21,22,23). The quantitative estimate of drug-likeness (QED) is 0.581. The van der Waals surface area contributed by atoms with Crippen molar-refractivity contribution < 1.29 is 4.79 Å². The van der Waals surface area contributed by atoms with Crippen molar-refractivity contribution >= 4 is 51.4 Å². The Kier molecular flexibility index (Phi) is 5.04. The Bertz CT molecular complexity index is 895. The summed E-state index contributed by atoms with van der Waals surface area (Å²) in [5.74, 6) is 0. The zero-order chi connectivity index (χ0) is 17.1. The highest BCUT2D eigenvalue weighted by Crippen LogP contribution is 2.31. The summed E-state index contributed by atoms with van der Waals surface area (Å²) in [4.78, 5) is 17.6. The van der Waals surface area contributed by atoms with E-state index in [1.807, 2.05) is 31.2 Å². The molecule has 1 aromatic heterocycles. The molecular formula is C17H13Cl2N3OS. The molecule has 0 radical (unpaired) electrons. The van der Waals surface area contributed by atoms with Crippen LogP contribution in [-0.2, 0) is 0 Å². The summed E-state index contributed by atoms with van der Waals surface area (Å²) in [6, 6.07) is 14.0. The number of hydrogen-bond donors (Lipinski definition) is 2. The van der Waals surface area contributed by atoms with Gasteiger partial charge in [0.15, 0.2) is 5.13 Å². The monoisotopic (exact) mass is 377 g/mol. The molecule has 1 heterocycles. The van der Waals surface area contributed by atoms with Gasteiger partial charge in [0.05, 0.1) is 5.69 Å². The average molecular weight is 378 g/mol. The third kappa shape index (κ3) is 4.06. The molecule has 3 rings (SSSR count). The summed E-state index contributed by atoms with van der Waals surface area (Å²) in [7, 11) is 0. The van der Waals surface area contributed by atoms with Crippen LogP contribution in [0.3, 0.4) is 0 Å². The number of aromatic nitrogens is 1. The maximum Gasteiger partial charge on any atom is 0.325 e. The second kappa shape index (κ2) is 7.21. The van der Waals surface area contributed by atoms with Gasteiger partial charge in [0.1, 0.15) is 0 Å². The number of hydrogen-bond acceptors (Lipinski definition) is 3. The lowest BCUT2D eigenvalue weighted by molar-refractivity contribution is 0.262. The number of nitrogens with one attached hydrogen (secondary N) is 2. The topological polar surface area (TPSA) is 54.0 Å². The Hall–Kier alpha value is -2.08. The smallest absolute Gasteiger partial charge is 0.308 e. The van der Waals surface area contributed by atoms with Gasteiger partial charge in [0.2, 0.25) is 0 Å². The lowest BCUT2D eigenvalue weighted by Gasteiger charge is -2.05. The predicted octanol–water partition coefficient (Wildman–Crippen LogP) is 6.07. The first-order valence-electron chi connectivity index (χ1n) is 7.08. The summed E-state index contributed by atoms with van der Waals surface area (Å²) in [6.45, 7) is 1.95.